The van der Waals surface area contributed by atoms with Crippen molar-refractivity contribution < 1.29 is 9.53 Å². The van der Waals surface area contributed by atoms with Crippen LogP contribution in [0.1, 0.15) is 155 Å². The molecule has 0 aromatic rings. The van der Waals surface area contributed by atoms with Crippen LogP contribution in [-0.2, 0) is 4.74 Å². The quantitative estimate of drug-likeness (QED) is 0.198. The Morgan fingerprint density at radius 1 is 0.633 bits per heavy atom. The zero-order valence-corrected chi connectivity index (χ0v) is 20.4. The molecular formula is C27H53NO2. The molecule has 0 atom stereocenters. The molecule has 1 fully saturated rings. The standard InChI is InChI=1S/C27H53NO2/c1-2-3-4-5-6-7-8-9-10-11-12-13-14-15-16-17-18-22-25-30-27(29)28-26-23-20-19-21-24-26/h26H,2-25H2,1H3,(H,28,29). The van der Waals surface area contributed by atoms with Crippen molar-refractivity contribution in [3.8, 4) is 0 Å². The van der Waals surface area contributed by atoms with E-state index in [1.165, 1.54) is 128 Å². The van der Waals surface area contributed by atoms with E-state index in [0.29, 0.717) is 12.6 Å². The Balaban J connectivity index is 1.69. The summed E-state index contributed by atoms with van der Waals surface area (Å²) in [6.07, 6.45) is 30.7. The third-order valence-corrected chi connectivity index (χ3v) is 6.66. The van der Waals surface area contributed by atoms with E-state index in [0.717, 1.165) is 19.3 Å². The van der Waals surface area contributed by atoms with Gasteiger partial charge in [-0.3, -0.25) is 0 Å². The van der Waals surface area contributed by atoms with E-state index in [1.54, 1.807) is 0 Å². The highest BCUT2D eigenvalue weighted by Gasteiger charge is 2.15. The lowest BCUT2D eigenvalue weighted by Crippen LogP contribution is -2.36. The lowest BCUT2D eigenvalue weighted by Gasteiger charge is -2.22. The maximum atomic E-state index is 11.8. The normalized spacial score (nSPS) is 14.7. The average molecular weight is 424 g/mol. The van der Waals surface area contributed by atoms with Crippen LogP contribution in [-0.4, -0.2) is 18.7 Å². The van der Waals surface area contributed by atoms with Crippen molar-refractivity contribution in [3.63, 3.8) is 0 Å². The molecule has 0 saturated heterocycles. The molecule has 3 heteroatoms. The lowest BCUT2D eigenvalue weighted by atomic mass is 9.96. The first-order valence-electron chi connectivity index (χ1n) is 13.8. The van der Waals surface area contributed by atoms with Crippen LogP contribution in [0.15, 0.2) is 0 Å². The Morgan fingerprint density at radius 3 is 1.47 bits per heavy atom. The zero-order valence-electron chi connectivity index (χ0n) is 20.4. The summed E-state index contributed by atoms with van der Waals surface area (Å²) < 4.78 is 5.32. The fraction of sp³-hybridized carbons (Fsp3) is 0.963. The summed E-state index contributed by atoms with van der Waals surface area (Å²) in [6, 6.07) is 0.353. The molecule has 30 heavy (non-hydrogen) atoms. The average Bonchev–Trinajstić information content (AvgIpc) is 2.76. The number of carbonyl (C=O) groups excluding carboxylic acids is 1. The van der Waals surface area contributed by atoms with E-state index in [-0.39, 0.29) is 6.09 Å². The molecule has 0 radical (unpaired) electrons. The molecule has 0 heterocycles. The molecular weight excluding hydrogens is 370 g/mol. The maximum absolute atomic E-state index is 11.8. The highest BCUT2D eigenvalue weighted by molar-refractivity contribution is 5.67. The molecule has 0 aromatic carbocycles. The van der Waals surface area contributed by atoms with E-state index in [1.807, 2.05) is 0 Å². The van der Waals surface area contributed by atoms with Crippen LogP contribution in [0.5, 0.6) is 0 Å². The highest BCUT2D eigenvalue weighted by Crippen LogP contribution is 2.17. The molecule has 1 saturated carbocycles. The zero-order chi connectivity index (χ0) is 21.5. The Bertz CT molecular complexity index is 366. The van der Waals surface area contributed by atoms with Gasteiger partial charge in [0.2, 0.25) is 0 Å². The molecule has 3 nitrogen and oxygen atoms in total. The summed E-state index contributed by atoms with van der Waals surface area (Å²) in [5.74, 6) is 0. The van der Waals surface area contributed by atoms with Gasteiger partial charge in [0, 0.05) is 6.04 Å². The molecule has 1 aliphatic rings. The van der Waals surface area contributed by atoms with Crippen LogP contribution >= 0.6 is 0 Å². The van der Waals surface area contributed by atoms with Crippen molar-refractivity contribution in [1.82, 2.24) is 5.32 Å². The van der Waals surface area contributed by atoms with Crippen molar-refractivity contribution in [2.24, 2.45) is 0 Å². The van der Waals surface area contributed by atoms with Gasteiger partial charge >= 0.3 is 6.09 Å². The fourth-order valence-electron chi connectivity index (χ4n) is 4.62. The van der Waals surface area contributed by atoms with Crippen LogP contribution in [0.3, 0.4) is 0 Å². The van der Waals surface area contributed by atoms with E-state index < -0.39 is 0 Å². The van der Waals surface area contributed by atoms with Gasteiger partial charge in [0.15, 0.2) is 0 Å². The van der Waals surface area contributed by atoms with Crippen LogP contribution in [0.4, 0.5) is 4.79 Å². The van der Waals surface area contributed by atoms with Gasteiger partial charge in [-0.05, 0) is 19.3 Å². The summed E-state index contributed by atoms with van der Waals surface area (Å²) in [5.41, 5.74) is 0. The summed E-state index contributed by atoms with van der Waals surface area (Å²) >= 11 is 0. The van der Waals surface area contributed by atoms with Gasteiger partial charge in [-0.15, -0.1) is 0 Å². The first-order chi connectivity index (χ1) is 14.8. The van der Waals surface area contributed by atoms with Gasteiger partial charge in [0.25, 0.3) is 0 Å². The van der Waals surface area contributed by atoms with Crippen LogP contribution in [0.2, 0.25) is 0 Å². The minimum atomic E-state index is -0.200. The van der Waals surface area contributed by atoms with Gasteiger partial charge in [-0.25, -0.2) is 4.79 Å². The van der Waals surface area contributed by atoms with Crippen LogP contribution in [0, 0.1) is 0 Å². The first kappa shape index (κ1) is 27.3. The summed E-state index contributed by atoms with van der Waals surface area (Å²) in [6.45, 7) is 2.87. The molecule has 0 aromatic heterocycles. The smallest absolute Gasteiger partial charge is 0.407 e. The third kappa shape index (κ3) is 18.1. The van der Waals surface area contributed by atoms with E-state index in [4.69, 9.17) is 4.74 Å². The Hall–Kier alpha value is -0.730. The molecule has 0 spiro atoms. The van der Waals surface area contributed by atoms with Gasteiger partial charge in [-0.1, -0.05) is 135 Å². The van der Waals surface area contributed by atoms with Gasteiger partial charge < -0.3 is 10.1 Å². The maximum Gasteiger partial charge on any atom is 0.407 e. The van der Waals surface area contributed by atoms with Crippen LogP contribution < -0.4 is 5.32 Å². The lowest BCUT2D eigenvalue weighted by molar-refractivity contribution is 0.137. The molecule has 178 valence electrons. The second-order valence-electron chi connectivity index (χ2n) is 9.63. The third-order valence-electron chi connectivity index (χ3n) is 6.66. The number of hydrogen-bond donors (Lipinski definition) is 1. The molecule has 0 aliphatic heterocycles. The summed E-state index contributed by atoms with van der Waals surface area (Å²) in [4.78, 5) is 11.8. The Kier molecular flexibility index (Phi) is 19.6. The van der Waals surface area contributed by atoms with Crippen molar-refractivity contribution in [1.29, 1.82) is 0 Å². The number of rotatable bonds is 20. The minimum absolute atomic E-state index is 0.200. The first-order valence-corrected chi connectivity index (χ1v) is 13.8. The van der Waals surface area contributed by atoms with E-state index >= 15 is 0 Å². The monoisotopic (exact) mass is 423 g/mol. The van der Waals surface area contributed by atoms with Crippen molar-refractivity contribution >= 4 is 6.09 Å². The summed E-state index contributed by atoms with van der Waals surface area (Å²) in [7, 11) is 0. The van der Waals surface area contributed by atoms with E-state index in [9.17, 15) is 4.79 Å². The van der Waals surface area contributed by atoms with Gasteiger partial charge in [-0.2, -0.15) is 0 Å². The highest BCUT2D eigenvalue weighted by atomic mass is 16.5. The predicted octanol–water partition coefficient (Wildman–Crippen LogP) is 9.09. The van der Waals surface area contributed by atoms with Crippen LogP contribution in [0.25, 0.3) is 0 Å². The summed E-state index contributed by atoms with van der Waals surface area (Å²) in [5, 5.41) is 3.02. The Labute approximate surface area is 188 Å². The molecule has 1 aliphatic carbocycles. The molecule has 0 unspecified atom stereocenters. The van der Waals surface area contributed by atoms with Crippen molar-refractivity contribution in [3.05, 3.63) is 0 Å². The number of ether oxygens (including phenoxy) is 1. The van der Waals surface area contributed by atoms with Gasteiger partial charge in [0.1, 0.15) is 0 Å². The second-order valence-corrected chi connectivity index (χ2v) is 9.63. The fourth-order valence-corrected chi connectivity index (χ4v) is 4.62. The molecule has 1 N–H and O–H groups in total. The molecule has 1 amide bonds. The number of hydrogen-bond acceptors (Lipinski definition) is 2. The minimum Gasteiger partial charge on any atom is -0.450 e. The van der Waals surface area contributed by atoms with Crippen molar-refractivity contribution in [2.45, 2.75) is 161 Å². The number of unbranched alkanes of at least 4 members (excludes halogenated alkanes) is 17. The van der Waals surface area contributed by atoms with Gasteiger partial charge in [0.05, 0.1) is 6.61 Å². The predicted molar refractivity (Wildman–Crippen MR) is 130 cm³/mol. The molecule has 1 rings (SSSR count). The Morgan fingerprint density at radius 2 is 1.03 bits per heavy atom. The topological polar surface area (TPSA) is 38.3 Å². The second kappa shape index (κ2) is 21.5. The number of amides is 1. The number of carbonyl (C=O) groups is 1. The SMILES string of the molecule is CCCCCCCCCCCCCCCCCCCCOC(=O)NC1CCCCC1. The largest absolute Gasteiger partial charge is 0.450 e. The number of alkyl carbamates (subject to hydrolysis) is 1. The van der Waals surface area contributed by atoms with Crippen molar-refractivity contribution in [2.75, 3.05) is 6.61 Å². The van der Waals surface area contributed by atoms with E-state index in [2.05, 4.69) is 12.2 Å². The molecule has 0 bridgehead atoms. The number of nitrogens with one attached hydrogen (secondary N) is 1.